The lowest BCUT2D eigenvalue weighted by Gasteiger charge is -2.35. The average Bonchev–Trinajstić information content (AvgIpc) is 3.00. The second kappa shape index (κ2) is 7.99. The van der Waals surface area contributed by atoms with Gasteiger partial charge in [0.25, 0.3) is 0 Å². The minimum atomic E-state index is -0.191. The van der Waals surface area contributed by atoms with Crippen LogP contribution in [0.4, 0.5) is 11.4 Å². The van der Waals surface area contributed by atoms with Crippen molar-refractivity contribution in [2.45, 2.75) is 6.92 Å². The number of hydrogen-bond acceptors (Lipinski definition) is 5. The zero-order valence-corrected chi connectivity index (χ0v) is 15.9. The number of carbonyl (C=O) groups is 1. The van der Waals surface area contributed by atoms with Gasteiger partial charge >= 0.3 is 0 Å². The summed E-state index contributed by atoms with van der Waals surface area (Å²) >= 11 is 7.69. The maximum Gasteiger partial charge on any atom is 0.248 e. The van der Waals surface area contributed by atoms with Crippen molar-refractivity contribution in [3.05, 3.63) is 45.4 Å². The summed E-state index contributed by atoms with van der Waals surface area (Å²) in [7, 11) is 2.12. The van der Waals surface area contributed by atoms with E-state index in [1.54, 1.807) is 23.5 Å². The van der Waals surface area contributed by atoms with Gasteiger partial charge in [-0.2, -0.15) is 0 Å². The number of aromatic nitrogens is 1. The Morgan fingerprint density at radius 1 is 1.32 bits per heavy atom. The number of hydrogen-bond donors (Lipinski definition) is 1. The van der Waals surface area contributed by atoms with Gasteiger partial charge < -0.3 is 15.1 Å². The number of halogens is 1. The number of rotatable bonds is 4. The molecule has 1 aromatic carbocycles. The molecule has 0 bridgehead atoms. The van der Waals surface area contributed by atoms with Gasteiger partial charge in [-0.15, -0.1) is 11.3 Å². The summed E-state index contributed by atoms with van der Waals surface area (Å²) in [5.41, 5.74) is 2.54. The number of nitrogens with zero attached hydrogens (tertiary/aromatic N) is 3. The average molecular weight is 377 g/mol. The number of nitrogens with one attached hydrogen (secondary N) is 1. The maximum absolute atomic E-state index is 12.3. The Hall–Kier alpha value is -1.89. The molecular weight excluding hydrogens is 356 g/mol. The SMILES string of the molecule is Cc1nc(/C=C/C(=O)Nc2cc(Cl)ccc2N2CCN(C)CC2)cs1. The molecule has 1 fully saturated rings. The quantitative estimate of drug-likeness (QED) is 0.829. The number of amides is 1. The Kier molecular flexibility index (Phi) is 5.73. The summed E-state index contributed by atoms with van der Waals surface area (Å²) in [6.07, 6.45) is 3.22. The first-order valence-electron chi connectivity index (χ1n) is 8.15. The molecule has 0 saturated carbocycles. The van der Waals surface area contributed by atoms with Crippen molar-refractivity contribution in [1.29, 1.82) is 0 Å². The van der Waals surface area contributed by atoms with E-state index in [0.717, 1.165) is 48.3 Å². The third kappa shape index (κ3) is 4.81. The van der Waals surface area contributed by atoms with E-state index in [1.165, 1.54) is 6.08 Å². The Labute approximate surface area is 156 Å². The van der Waals surface area contributed by atoms with Crippen LogP contribution >= 0.6 is 22.9 Å². The molecule has 25 heavy (non-hydrogen) atoms. The molecule has 5 nitrogen and oxygen atoms in total. The first-order chi connectivity index (χ1) is 12.0. The van der Waals surface area contributed by atoms with E-state index >= 15 is 0 Å². The van der Waals surface area contributed by atoms with Gasteiger partial charge in [0.2, 0.25) is 5.91 Å². The smallest absolute Gasteiger partial charge is 0.248 e. The van der Waals surface area contributed by atoms with Gasteiger partial charge in [-0.05, 0) is 38.2 Å². The van der Waals surface area contributed by atoms with Crippen LogP contribution in [0.1, 0.15) is 10.7 Å². The van der Waals surface area contributed by atoms with E-state index in [2.05, 4.69) is 27.1 Å². The van der Waals surface area contributed by atoms with Crippen LogP contribution < -0.4 is 10.2 Å². The van der Waals surface area contributed by atoms with Crippen LogP contribution in [-0.2, 0) is 4.79 Å². The van der Waals surface area contributed by atoms with Crippen LogP contribution in [0.2, 0.25) is 5.02 Å². The normalized spacial score (nSPS) is 15.7. The number of carbonyl (C=O) groups excluding carboxylic acids is 1. The van der Waals surface area contributed by atoms with E-state index < -0.39 is 0 Å². The molecule has 2 aromatic rings. The molecule has 0 radical (unpaired) electrons. The molecule has 0 aliphatic carbocycles. The van der Waals surface area contributed by atoms with Crippen molar-refractivity contribution < 1.29 is 4.79 Å². The fourth-order valence-electron chi connectivity index (χ4n) is 2.72. The van der Waals surface area contributed by atoms with E-state index in [-0.39, 0.29) is 5.91 Å². The highest BCUT2D eigenvalue weighted by Gasteiger charge is 2.18. The standard InChI is InChI=1S/C18H21ClN4OS/c1-13-20-15(12-25-13)4-6-18(24)21-16-11-14(19)3-5-17(16)23-9-7-22(2)8-10-23/h3-6,11-12H,7-10H2,1-2H3,(H,21,24)/b6-4+. The number of thiazole rings is 1. The van der Waals surface area contributed by atoms with E-state index in [9.17, 15) is 4.79 Å². The molecule has 1 aliphatic heterocycles. The largest absolute Gasteiger partial charge is 0.367 e. The van der Waals surface area contributed by atoms with Crippen molar-refractivity contribution in [2.75, 3.05) is 43.4 Å². The molecular formula is C18H21ClN4OS. The third-order valence-electron chi connectivity index (χ3n) is 4.10. The van der Waals surface area contributed by atoms with Crippen molar-refractivity contribution in [3.8, 4) is 0 Å². The Bertz CT molecular complexity index is 781. The van der Waals surface area contributed by atoms with Crippen LogP contribution in [0.3, 0.4) is 0 Å². The van der Waals surface area contributed by atoms with Crippen molar-refractivity contribution in [1.82, 2.24) is 9.88 Å². The van der Waals surface area contributed by atoms with Gasteiger partial charge in [0.1, 0.15) is 0 Å². The highest BCUT2D eigenvalue weighted by Crippen LogP contribution is 2.30. The number of likely N-dealkylation sites (N-methyl/N-ethyl adjacent to an activating group) is 1. The van der Waals surface area contributed by atoms with E-state index in [4.69, 9.17) is 11.6 Å². The van der Waals surface area contributed by atoms with Crippen LogP contribution in [0.25, 0.3) is 6.08 Å². The number of anilines is 2. The number of piperazine rings is 1. The molecule has 7 heteroatoms. The predicted octanol–water partition coefficient (Wildman–Crippen LogP) is 3.51. The fraction of sp³-hybridized carbons (Fsp3) is 0.333. The van der Waals surface area contributed by atoms with Gasteiger partial charge in [-0.25, -0.2) is 4.98 Å². The Morgan fingerprint density at radius 2 is 2.08 bits per heavy atom. The summed E-state index contributed by atoms with van der Waals surface area (Å²) in [6.45, 7) is 5.79. The second-order valence-electron chi connectivity index (χ2n) is 6.07. The molecule has 3 rings (SSSR count). The summed E-state index contributed by atoms with van der Waals surface area (Å²) < 4.78 is 0. The van der Waals surface area contributed by atoms with Gasteiger partial charge in [0, 0.05) is 42.7 Å². The summed E-state index contributed by atoms with van der Waals surface area (Å²) in [4.78, 5) is 21.2. The van der Waals surface area contributed by atoms with Crippen LogP contribution in [-0.4, -0.2) is 49.0 Å². The van der Waals surface area contributed by atoms with Gasteiger partial charge in [0.15, 0.2) is 0 Å². The predicted molar refractivity (Wildman–Crippen MR) is 106 cm³/mol. The second-order valence-corrected chi connectivity index (χ2v) is 7.56. The molecule has 132 valence electrons. The summed E-state index contributed by atoms with van der Waals surface area (Å²) in [5, 5.41) is 6.45. The third-order valence-corrected chi connectivity index (χ3v) is 5.13. The van der Waals surface area contributed by atoms with Crippen LogP contribution in [0.5, 0.6) is 0 Å². The van der Waals surface area contributed by atoms with Gasteiger partial charge in [-0.3, -0.25) is 4.79 Å². The van der Waals surface area contributed by atoms with Crippen LogP contribution in [0.15, 0.2) is 29.7 Å². The van der Waals surface area contributed by atoms with Gasteiger partial charge in [-0.1, -0.05) is 11.6 Å². The van der Waals surface area contributed by atoms with Crippen LogP contribution in [0, 0.1) is 6.92 Å². The molecule has 0 atom stereocenters. The molecule has 0 spiro atoms. The maximum atomic E-state index is 12.3. The zero-order valence-electron chi connectivity index (χ0n) is 14.3. The molecule has 1 saturated heterocycles. The lowest BCUT2D eigenvalue weighted by atomic mass is 10.2. The van der Waals surface area contributed by atoms with E-state index in [1.807, 2.05) is 24.4 Å². The monoisotopic (exact) mass is 376 g/mol. The van der Waals surface area contributed by atoms with Gasteiger partial charge in [0.05, 0.1) is 22.1 Å². The van der Waals surface area contributed by atoms with Crippen molar-refractivity contribution in [3.63, 3.8) is 0 Å². The summed E-state index contributed by atoms with van der Waals surface area (Å²) in [6, 6.07) is 5.63. The lowest BCUT2D eigenvalue weighted by Crippen LogP contribution is -2.44. The zero-order chi connectivity index (χ0) is 17.8. The molecule has 1 aliphatic rings. The molecule has 1 amide bonds. The van der Waals surface area contributed by atoms with Crippen molar-refractivity contribution >= 4 is 46.3 Å². The highest BCUT2D eigenvalue weighted by molar-refractivity contribution is 7.09. The summed E-state index contributed by atoms with van der Waals surface area (Å²) in [5.74, 6) is -0.191. The number of aryl methyl sites for hydroxylation is 1. The molecule has 1 aromatic heterocycles. The first kappa shape index (κ1) is 17.9. The topological polar surface area (TPSA) is 48.5 Å². The highest BCUT2D eigenvalue weighted by atomic mass is 35.5. The lowest BCUT2D eigenvalue weighted by molar-refractivity contribution is -0.111. The minimum Gasteiger partial charge on any atom is -0.367 e. The molecule has 0 unspecified atom stereocenters. The fourth-order valence-corrected chi connectivity index (χ4v) is 3.48. The Balaban J connectivity index is 1.73. The first-order valence-corrected chi connectivity index (χ1v) is 9.41. The van der Waals surface area contributed by atoms with E-state index in [0.29, 0.717) is 5.02 Å². The minimum absolute atomic E-state index is 0.191. The molecule has 1 N–H and O–H groups in total. The number of benzene rings is 1. The Morgan fingerprint density at radius 3 is 2.76 bits per heavy atom. The van der Waals surface area contributed by atoms with Crippen molar-refractivity contribution in [2.24, 2.45) is 0 Å². The molecule has 2 heterocycles.